The van der Waals surface area contributed by atoms with Gasteiger partial charge in [-0.2, -0.15) is 13.2 Å². The maximum absolute atomic E-state index is 12.6. The fraction of sp³-hybridized carbons (Fsp3) is 0.538. The number of benzene rings is 1. The fourth-order valence-electron chi connectivity index (χ4n) is 2.23. The summed E-state index contributed by atoms with van der Waals surface area (Å²) in [4.78, 5) is 0.596. The second kappa shape index (κ2) is 5.71. The van der Waals surface area contributed by atoms with Gasteiger partial charge in [-0.05, 0) is 18.4 Å². The molecule has 2 nitrogen and oxygen atoms in total. The van der Waals surface area contributed by atoms with Crippen LogP contribution in [0.2, 0.25) is 0 Å². The summed E-state index contributed by atoms with van der Waals surface area (Å²) < 4.78 is 37.7. The molecule has 0 amide bonds. The summed E-state index contributed by atoms with van der Waals surface area (Å²) in [6, 6.07) is 9.64. The van der Waals surface area contributed by atoms with Crippen molar-refractivity contribution in [1.29, 1.82) is 0 Å². The zero-order valence-corrected chi connectivity index (χ0v) is 10.1. The molecule has 1 unspecified atom stereocenters. The normalized spacial score (nSPS) is 22.1. The molecule has 100 valence electrons. The van der Waals surface area contributed by atoms with E-state index in [1.165, 1.54) is 0 Å². The minimum atomic E-state index is -4.20. The Morgan fingerprint density at radius 1 is 1.22 bits per heavy atom. The Balaban J connectivity index is 1.83. The lowest BCUT2D eigenvalue weighted by molar-refractivity contribution is -0.251. The van der Waals surface area contributed by atoms with Crippen molar-refractivity contribution in [3.63, 3.8) is 0 Å². The molecule has 1 aliphatic rings. The van der Waals surface area contributed by atoms with Crippen LogP contribution in [0.1, 0.15) is 18.4 Å². The Labute approximate surface area is 105 Å². The van der Waals surface area contributed by atoms with Gasteiger partial charge in [0.2, 0.25) is 0 Å². The van der Waals surface area contributed by atoms with Gasteiger partial charge in [0.15, 0.2) is 0 Å². The second-order valence-electron chi connectivity index (χ2n) is 4.62. The summed E-state index contributed by atoms with van der Waals surface area (Å²) >= 11 is 0. The van der Waals surface area contributed by atoms with Crippen LogP contribution in [0.25, 0.3) is 0 Å². The average molecular weight is 258 g/mol. The molecular weight excluding hydrogens is 241 g/mol. The molecule has 2 rings (SSSR count). The van der Waals surface area contributed by atoms with E-state index in [2.05, 4.69) is 5.32 Å². The predicted octanol–water partition coefficient (Wildman–Crippen LogP) is 2.76. The van der Waals surface area contributed by atoms with Gasteiger partial charge in [-0.3, -0.25) is 0 Å². The van der Waals surface area contributed by atoms with Gasteiger partial charge in [0.25, 0.3) is 0 Å². The highest BCUT2D eigenvalue weighted by Gasteiger charge is 2.39. The number of piperidine rings is 1. The topological polar surface area (TPSA) is 15.3 Å². The van der Waals surface area contributed by atoms with Gasteiger partial charge < -0.3 is 5.32 Å². The molecule has 0 bridgehead atoms. The summed E-state index contributed by atoms with van der Waals surface area (Å²) in [6.45, 7) is 0.792. The zero-order chi connectivity index (χ0) is 13.0. The molecular formula is C13H17F3N2. The van der Waals surface area contributed by atoms with Crippen molar-refractivity contribution in [2.24, 2.45) is 0 Å². The lowest BCUT2D eigenvalue weighted by Crippen LogP contribution is -2.50. The van der Waals surface area contributed by atoms with Crippen LogP contribution < -0.4 is 5.32 Å². The standard InChI is InChI=1S/C13H17F3N2/c14-13(15,16)18-8-4-7-12(10-18)17-9-11-5-2-1-3-6-11/h1-3,5-6,12,17H,4,7-10H2. The maximum Gasteiger partial charge on any atom is 0.459 e. The molecule has 1 aliphatic heterocycles. The summed E-state index contributed by atoms with van der Waals surface area (Å²) in [5.74, 6) is 0. The van der Waals surface area contributed by atoms with Crippen LogP contribution in [-0.2, 0) is 6.54 Å². The van der Waals surface area contributed by atoms with Crippen molar-refractivity contribution >= 4 is 0 Å². The number of alkyl halides is 3. The summed E-state index contributed by atoms with van der Waals surface area (Å²) in [7, 11) is 0. The first-order valence-corrected chi connectivity index (χ1v) is 6.15. The van der Waals surface area contributed by atoms with Gasteiger partial charge in [-0.25, -0.2) is 4.90 Å². The van der Waals surface area contributed by atoms with Gasteiger partial charge in [-0.1, -0.05) is 30.3 Å². The van der Waals surface area contributed by atoms with Crippen molar-refractivity contribution in [3.8, 4) is 0 Å². The molecule has 0 aromatic heterocycles. The van der Waals surface area contributed by atoms with Crippen molar-refractivity contribution in [2.75, 3.05) is 13.1 Å². The first-order chi connectivity index (χ1) is 8.55. The van der Waals surface area contributed by atoms with Gasteiger partial charge in [0.05, 0.1) is 0 Å². The molecule has 1 atom stereocenters. The Hall–Kier alpha value is -1.07. The van der Waals surface area contributed by atoms with Crippen LogP contribution in [0.5, 0.6) is 0 Å². The lowest BCUT2D eigenvalue weighted by Gasteiger charge is -2.34. The highest BCUT2D eigenvalue weighted by molar-refractivity contribution is 5.14. The third-order valence-corrected chi connectivity index (χ3v) is 3.22. The van der Waals surface area contributed by atoms with E-state index in [1.54, 1.807) is 0 Å². The Morgan fingerprint density at radius 3 is 2.61 bits per heavy atom. The molecule has 1 fully saturated rings. The molecule has 1 aromatic carbocycles. The second-order valence-corrected chi connectivity index (χ2v) is 4.62. The molecule has 0 radical (unpaired) electrons. The predicted molar refractivity (Wildman–Crippen MR) is 63.9 cm³/mol. The fourth-order valence-corrected chi connectivity index (χ4v) is 2.23. The van der Waals surface area contributed by atoms with Gasteiger partial charge in [0.1, 0.15) is 0 Å². The molecule has 1 heterocycles. The van der Waals surface area contributed by atoms with Crippen molar-refractivity contribution in [2.45, 2.75) is 31.7 Å². The Bertz CT molecular complexity index is 364. The van der Waals surface area contributed by atoms with E-state index in [0.29, 0.717) is 17.9 Å². The highest BCUT2D eigenvalue weighted by atomic mass is 19.4. The van der Waals surface area contributed by atoms with E-state index in [-0.39, 0.29) is 19.1 Å². The van der Waals surface area contributed by atoms with Crippen LogP contribution in [0.4, 0.5) is 13.2 Å². The number of halogens is 3. The Kier molecular flexibility index (Phi) is 4.24. The number of rotatable bonds is 3. The van der Waals surface area contributed by atoms with Crippen molar-refractivity contribution in [1.82, 2.24) is 10.2 Å². The largest absolute Gasteiger partial charge is 0.459 e. The van der Waals surface area contributed by atoms with Crippen LogP contribution in [0, 0.1) is 0 Å². The van der Waals surface area contributed by atoms with Crippen LogP contribution >= 0.6 is 0 Å². The first-order valence-electron chi connectivity index (χ1n) is 6.15. The van der Waals surface area contributed by atoms with Gasteiger partial charge in [0, 0.05) is 25.7 Å². The molecule has 0 aliphatic carbocycles. The monoisotopic (exact) mass is 258 g/mol. The average Bonchev–Trinajstić information content (AvgIpc) is 2.37. The molecule has 1 aromatic rings. The van der Waals surface area contributed by atoms with Crippen LogP contribution in [0.15, 0.2) is 30.3 Å². The third kappa shape index (κ3) is 3.71. The number of nitrogens with one attached hydrogen (secondary N) is 1. The van der Waals surface area contributed by atoms with Crippen LogP contribution in [0.3, 0.4) is 0 Å². The Morgan fingerprint density at radius 2 is 1.94 bits per heavy atom. The minimum absolute atomic E-state index is 0.0519. The maximum atomic E-state index is 12.6. The smallest absolute Gasteiger partial charge is 0.309 e. The number of hydrogen-bond acceptors (Lipinski definition) is 2. The summed E-state index contributed by atoms with van der Waals surface area (Å²) in [6.07, 6.45) is -2.81. The summed E-state index contributed by atoms with van der Waals surface area (Å²) in [5.41, 5.74) is 1.10. The van der Waals surface area contributed by atoms with E-state index in [4.69, 9.17) is 0 Å². The number of hydrogen-bond donors (Lipinski definition) is 1. The first kappa shape index (κ1) is 13.4. The van der Waals surface area contributed by atoms with Crippen LogP contribution in [-0.4, -0.2) is 30.3 Å². The quantitative estimate of drug-likeness (QED) is 0.839. The molecule has 0 saturated carbocycles. The van der Waals surface area contributed by atoms with Gasteiger partial charge >= 0.3 is 6.30 Å². The van der Waals surface area contributed by atoms with E-state index in [0.717, 1.165) is 12.0 Å². The van der Waals surface area contributed by atoms with Crippen molar-refractivity contribution < 1.29 is 13.2 Å². The SMILES string of the molecule is FC(F)(F)N1CCCC(NCc2ccccc2)C1. The zero-order valence-electron chi connectivity index (χ0n) is 10.1. The highest BCUT2D eigenvalue weighted by Crippen LogP contribution is 2.25. The van der Waals surface area contributed by atoms with E-state index < -0.39 is 6.30 Å². The van der Waals surface area contributed by atoms with E-state index >= 15 is 0 Å². The molecule has 18 heavy (non-hydrogen) atoms. The van der Waals surface area contributed by atoms with Gasteiger partial charge in [-0.15, -0.1) is 0 Å². The van der Waals surface area contributed by atoms with E-state index in [9.17, 15) is 13.2 Å². The number of likely N-dealkylation sites (tertiary alicyclic amines) is 1. The number of nitrogens with zero attached hydrogens (tertiary/aromatic N) is 1. The van der Waals surface area contributed by atoms with E-state index in [1.807, 2.05) is 30.3 Å². The molecule has 0 spiro atoms. The lowest BCUT2D eigenvalue weighted by atomic mass is 10.1. The molecule has 1 saturated heterocycles. The summed E-state index contributed by atoms with van der Waals surface area (Å²) in [5, 5.41) is 3.20. The minimum Gasteiger partial charge on any atom is -0.309 e. The van der Waals surface area contributed by atoms with Crippen molar-refractivity contribution in [3.05, 3.63) is 35.9 Å². The molecule has 1 N–H and O–H groups in total. The third-order valence-electron chi connectivity index (χ3n) is 3.22. The molecule has 5 heteroatoms.